The minimum absolute atomic E-state index is 0.0953. The second-order valence-corrected chi connectivity index (χ2v) is 4.93. The summed E-state index contributed by atoms with van der Waals surface area (Å²) in [6.07, 6.45) is 3.94. The Bertz CT molecular complexity index is 594. The van der Waals surface area contributed by atoms with Crippen molar-refractivity contribution in [2.75, 3.05) is 5.32 Å². The number of halogens is 1. The molecule has 102 valence electrons. The molecule has 0 amide bonds. The Hall–Kier alpha value is -1.70. The molecule has 0 saturated carbocycles. The zero-order chi connectivity index (χ0) is 13.8. The predicted octanol–water partition coefficient (Wildman–Crippen LogP) is 1.71. The highest BCUT2D eigenvalue weighted by atomic mass is 79.9. The molecule has 0 radical (unpaired) electrons. The van der Waals surface area contributed by atoms with Crippen molar-refractivity contribution < 1.29 is 0 Å². The summed E-state index contributed by atoms with van der Waals surface area (Å²) in [5.74, 6) is 0.699. The third kappa shape index (κ3) is 3.01. The third-order valence-corrected chi connectivity index (χ3v) is 3.40. The van der Waals surface area contributed by atoms with Crippen LogP contribution in [0.5, 0.6) is 0 Å². The summed E-state index contributed by atoms with van der Waals surface area (Å²) in [5.41, 5.74) is 0.498. The molecule has 8 heteroatoms. The molecule has 0 aliphatic heterocycles. The van der Waals surface area contributed by atoms with E-state index in [4.69, 9.17) is 0 Å². The number of aromatic nitrogens is 5. The summed E-state index contributed by atoms with van der Waals surface area (Å²) >= 11 is 3.31. The molecule has 0 aliphatic carbocycles. The van der Waals surface area contributed by atoms with E-state index in [1.54, 1.807) is 6.20 Å². The average Bonchev–Trinajstić information content (AvgIpc) is 2.92. The number of nitrogens with zero attached hydrogens (tertiary/aromatic N) is 4. The Kier molecular flexibility index (Phi) is 4.31. The fraction of sp³-hybridized carbons (Fsp3) is 0.455. The average molecular weight is 327 g/mol. The Morgan fingerprint density at radius 1 is 1.58 bits per heavy atom. The number of nitrogens with one attached hydrogen (secondary N) is 2. The molecule has 0 spiro atoms. The standard InChI is InChI=1S/C11H15BrN6O/c1-3-4-18-11(19)9(12)8(5-15-18)16-7(2)10-13-6-14-17-10/h5-7,16H,3-4H2,1-2H3,(H,13,14,17). The van der Waals surface area contributed by atoms with Crippen molar-refractivity contribution >= 4 is 21.6 Å². The number of H-pyrrole nitrogens is 1. The van der Waals surface area contributed by atoms with Gasteiger partial charge in [-0.3, -0.25) is 9.89 Å². The fourth-order valence-electron chi connectivity index (χ4n) is 1.66. The van der Waals surface area contributed by atoms with E-state index in [1.807, 2.05) is 13.8 Å². The van der Waals surface area contributed by atoms with Gasteiger partial charge in [0.25, 0.3) is 5.56 Å². The zero-order valence-electron chi connectivity index (χ0n) is 10.7. The van der Waals surface area contributed by atoms with E-state index in [0.717, 1.165) is 6.42 Å². The van der Waals surface area contributed by atoms with Crippen LogP contribution >= 0.6 is 15.9 Å². The molecule has 0 fully saturated rings. The normalized spacial score (nSPS) is 12.4. The maximum atomic E-state index is 12.0. The van der Waals surface area contributed by atoms with Gasteiger partial charge in [0.1, 0.15) is 16.6 Å². The van der Waals surface area contributed by atoms with Crippen molar-refractivity contribution in [3.8, 4) is 0 Å². The smallest absolute Gasteiger partial charge is 0.283 e. The second kappa shape index (κ2) is 5.96. The maximum Gasteiger partial charge on any atom is 0.283 e. The SMILES string of the molecule is CCCn1ncc(NC(C)c2ncn[nH]2)c(Br)c1=O. The van der Waals surface area contributed by atoms with Crippen LogP contribution in [0.15, 0.2) is 21.8 Å². The van der Waals surface area contributed by atoms with Gasteiger partial charge in [-0.2, -0.15) is 10.2 Å². The van der Waals surface area contributed by atoms with Gasteiger partial charge in [-0.1, -0.05) is 6.92 Å². The predicted molar refractivity (Wildman–Crippen MR) is 74.9 cm³/mol. The molecule has 1 unspecified atom stereocenters. The number of aryl methyl sites for hydroxylation is 1. The molecule has 2 aromatic rings. The summed E-state index contributed by atoms with van der Waals surface area (Å²) in [4.78, 5) is 16.1. The fourth-order valence-corrected chi connectivity index (χ4v) is 2.08. The molecule has 0 aromatic carbocycles. The molecule has 2 rings (SSSR count). The van der Waals surface area contributed by atoms with Crippen LogP contribution in [0.4, 0.5) is 5.69 Å². The highest BCUT2D eigenvalue weighted by Gasteiger charge is 2.13. The summed E-state index contributed by atoms with van der Waals surface area (Å²) in [6.45, 7) is 4.53. The molecular formula is C11H15BrN6O. The van der Waals surface area contributed by atoms with Crippen LogP contribution in [0.3, 0.4) is 0 Å². The van der Waals surface area contributed by atoms with Crippen molar-refractivity contribution in [3.63, 3.8) is 0 Å². The van der Waals surface area contributed by atoms with Crippen LogP contribution in [-0.4, -0.2) is 25.0 Å². The summed E-state index contributed by atoms with van der Waals surface area (Å²) in [5, 5.41) is 13.9. The first-order chi connectivity index (χ1) is 9.13. The van der Waals surface area contributed by atoms with Crippen molar-refractivity contribution in [2.45, 2.75) is 32.9 Å². The lowest BCUT2D eigenvalue weighted by atomic mass is 10.3. The topological polar surface area (TPSA) is 88.5 Å². The quantitative estimate of drug-likeness (QED) is 0.873. The van der Waals surface area contributed by atoms with Crippen LogP contribution < -0.4 is 10.9 Å². The Balaban J connectivity index is 2.22. The number of aromatic amines is 1. The maximum absolute atomic E-state index is 12.0. The molecule has 1 atom stereocenters. The Morgan fingerprint density at radius 3 is 3.00 bits per heavy atom. The Morgan fingerprint density at radius 2 is 2.37 bits per heavy atom. The number of anilines is 1. The van der Waals surface area contributed by atoms with E-state index in [1.165, 1.54) is 11.0 Å². The van der Waals surface area contributed by atoms with Gasteiger partial charge in [-0.05, 0) is 29.3 Å². The van der Waals surface area contributed by atoms with E-state index < -0.39 is 0 Å². The van der Waals surface area contributed by atoms with Gasteiger partial charge in [0, 0.05) is 6.54 Å². The number of rotatable bonds is 5. The van der Waals surface area contributed by atoms with Gasteiger partial charge in [0.15, 0.2) is 0 Å². The molecule has 19 heavy (non-hydrogen) atoms. The first-order valence-corrected chi connectivity index (χ1v) is 6.80. The molecule has 7 nitrogen and oxygen atoms in total. The highest BCUT2D eigenvalue weighted by Crippen LogP contribution is 2.21. The summed E-state index contributed by atoms with van der Waals surface area (Å²) in [6, 6.07) is -0.0953. The van der Waals surface area contributed by atoms with E-state index in [-0.39, 0.29) is 11.6 Å². The minimum Gasteiger partial charge on any atom is -0.373 e. The molecule has 0 saturated heterocycles. The monoisotopic (exact) mass is 326 g/mol. The van der Waals surface area contributed by atoms with E-state index in [2.05, 4.69) is 41.5 Å². The van der Waals surface area contributed by atoms with Crippen LogP contribution in [0.1, 0.15) is 32.1 Å². The molecule has 0 bridgehead atoms. The lowest BCUT2D eigenvalue weighted by molar-refractivity contribution is 0.565. The molecule has 2 aromatic heterocycles. The van der Waals surface area contributed by atoms with Gasteiger partial charge in [-0.25, -0.2) is 9.67 Å². The third-order valence-electron chi connectivity index (χ3n) is 2.64. The van der Waals surface area contributed by atoms with Crippen LogP contribution in [0.25, 0.3) is 0 Å². The minimum atomic E-state index is -0.142. The van der Waals surface area contributed by atoms with Crippen molar-refractivity contribution in [1.82, 2.24) is 25.0 Å². The Labute approximate surface area is 118 Å². The molecule has 0 aliphatic rings. The van der Waals surface area contributed by atoms with E-state index >= 15 is 0 Å². The largest absolute Gasteiger partial charge is 0.373 e. The van der Waals surface area contributed by atoms with Crippen molar-refractivity contribution in [3.05, 3.63) is 33.2 Å². The van der Waals surface area contributed by atoms with Gasteiger partial charge < -0.3 is 5.32 Å². The van der Waals surface area contributed by atoms with Crippen LogP contribution in [0, 0.1) is 0 Å². The number of hydrogen-bond donors (Lipinski definition) is 2. The van der Waals surface area contributed by atoms with Gasteiger partial charge >= 0.3 is 0 Å². The van der Waals surface area contributed by atoms with Crippen LogP contribution in [0.2, 0.25) is 0 Å². The molecular weight excluding hydrogens is 312 g/mol. The second-order valence-electron chi connectivity index (χ2n) is 4.14. The lowest BCUT2D eigenvalue weighted by Gasteiger charge is -2.14. The van der Waals surface area contributed by atoms with E-state index in [9.17, 15) is 4.79 Å². The summed E-state index contributed by atoms with van der Waals surface area (Å²) < 4.78 is 1.91. The lowest BCUT2D eigenvalue weighted by Crippen LogP contribution is -2.25. The van der Waals surface area contributed by atoms with Gasteiger partial charge in [0.2, 0.25) is 0 Å². The van der Waals surface area contributed by atoms with Crippen molar-refractivity contribution in [1.29, 1.82) is 0 Å². The van der Waals surface area contributed by atoms with Gasteiger partial charge in [0.05, 0.1) is 17.9 Å². The van der Waals surface area contributed by atoms with Crippen LogP contribution in [-0.2, 0) is 6.54 Å². The highest BCUT2D eigenvalue weighted by molar-refractivity contribution is 9.10. The number of hydrogen-bond acceptors (Lipinski definition) is 5. The first-order valence-electron chi connectivity index (χ1n) is 6.01. The van der Waals surface area contributed by atoms with E-state index in [0.29, 0.717) is 22.5 Å². The first kappa shape index (κ1) is 13.7. The van der Waals surface area contributed by atoms with Gasteiger partial charge in [-0.15, -0.1) is 0 Å². The van der Waals surface area contributed by atoms with Crippen molar-refractivity contribution in [2.24, 2.45) is 0 Å². The summed E-state index contributed by atoms with van der Waals surface area (Å²) in [7, 11) is 0. The zero-order valence-corrected chi connectivity index (χ0v) is 12.3. The molecule has 2 N–H and O–H groups in total. The molecule has 2 heterocycles.